The number of nitrogens with one attached hydrogen (secondary N) is 1. The quantitative estimate of drug-likeness (QED) is 0.871. The van der Waals surface area contributed by atoms with E-state index in [1.165, 1.54) is 5.54 Å². The molecule has 0 fully saturated rings. The summed E-state index contributed by atoms with van der Waals surface area (Å²) in [6.07, 6.45) is 1.69. The van der Waals surface area contributed by atoms with Crippen molar-refractivity contribution in [2.75, 3.05) is 6.54 Å². The molecule has 1 rings (SSSR count). The minimum Gasteiger partial charge on any atom is -0.444 e. The van der Waals surface area contributed by atoms with Gasteiger partial charge in [0, 0.05) is 17.1 Å². The van der Waals surface area contributed by atoms with E-state index >= 15 is 0 Å². The van der Waals surface area contributed by atoms with Crippen LogP contribution in [-0.2, 0) is 0 Å². The lowest BCUT2D eigenvalue weighted by atomic mass is 10.3. The first-order chi connectivity index (χ1) is 6.63. The zero-order valence-corrected chi connectivity index (χ0v) is 9.56. The maximum atomic E-state index is 5.72. The van der Waals surface area contributed by atoms with E-state index in [1.807, 2.05) is 13.8 Å². The Morgan fingerprint density at radius 2 is 2.50 bits per heavy atom. The van der Waals surface area contributed by atoms with Crippen LogP contribution in [-0.4, -0.2) is 11.5 Å². The van der Waals surface area contributed by atoms with Gasteiger partial charge in [-0.1, -0.05) is 23.2 Å². The molecule has 1 unspecified atom stereocenters. The SMILES string of the molecule is Cc1cnc(C(C)NC/C(Cl)=C/Cl)o1. The lowest BCUT2D eigenvalue weighted by Gasteiger charge is -2.08. The molecule has 14 heavy (non-hydrogen) atoms. The van der Waals surface area contributed by atoms with Gasteiger partial charge in [-0.25, -0.2) is 4.98 Å². The molecule has 1 aromatic heterocycles. The Hall–Kier alpha value is -0.510. The van der Waals surface area contributed by atoms with Gasteiger partial charge in [0.2, 0.25) is 5.89 Å². The highest BCUT2D eigenvalue weighted by molar-refractivity contribution is 6.36. The summed E-state index contributed by atoms with van der Waals surface area (Å²) in [4.78, 5) is 4.09. The summed E-state index contributed by atoms with van der Waals surface area (Å²) in [5.41, 5.74) is 1.34. The molecule has 0 aliphatic rings. The van der Waals surface area contributed by atoms with Crippen LogP contribution in [0.25, 0.3) is 0 Å². The molecule has 0 saturated heterocycles. The smallest absolute Gasteiger partial charge is 0.211 e. The summed E-state index contributed by atoms with van der Waals surface area (Å²) in [6, 6.07) is 0.0223. The molecule has 0 aliphatic carbocycles. The molecule has 1 aromatic rings. The van der Waals surface area contributed by atoms with E-state index in [9.17, 15) is 0 Å². The Kier molecular flexibility index (Phi) is 4.45. The van der Waals surface area contributed by atoms with Gasteiger partial charge in [0.05, 0.1) is 12.2 Å². The summed E-state index contributed by atoms with van der Waals surface area (Å²) in [5.74, 6) is 1.45. The molecule has 0 aliphatic heterocycles. The van der Waals surface area contributed by atoms with Crippen molar-refractivity contribution in [2.24, 2.45) is 0 Å². The fourth-order valence-corrected chi connectivity index (χ4v) is 1.10. The van der Waals surface area contributed by atoms with Gasteiger partial charge in [-0.15, -0.1) is 0 Å². The Bertz CT molecular complexity index is 322. The highest BCUT2D eigenvalue weighted by atomic mass is 35.5. The normalized spacial score (nSPS) is 14.4. The minimum absolute atomic E-state index is 0.0223. The van der Waals surface area contributed by atoms with Crippen LogP contribution >= 0.6 is 23.2 Å². The maximum absolute atomic E-state index is 5.72. The highest BCUT2D eigenvalue weighted by Gasteiger charge is 2.10. The van der Waals surface area contributed by atoms with Crippen LogP contribution in [0.1, 0.15) is 24.6 Å². The predicted molar refractivity (Wildman–Crippen MR) is 57.4 cm³/mol. The third-order valence-corrected chi connectivity index (χ3v) is 2.32. The Balaban J connectivity index is 2.47. The van der Waals surface area contributed by atoms with Crippen molar-refractivity contribution < 1.29 is 4.42 Å². The van der Waals surface area contributed by atoms with Gasteiger partial charge in [-0.05, 0) is 13.8 Å². The fourth-order valence-electron chi connectivity index (χ4n) is 0.949. The van der Waals surface area contributed by atoms with E-state index in [2.05, 4.69) is 10.3 Å². The minimum atomic E-state index is 0.0223. The van der Waals surface area contributed by atoms with Gasteiger partial charge in [0.15, 0.2) is 0 Å². The van der Waals surface area contributed by atoms with Crippen LogP contribution in [0, 0.1) is 6.92 Å². The molecule has 0 saturated carbocycles. The second-order valence-electron chi connectivity index (χ2n) is 2.97. The average molecular weight is 235 g/mol. The van der Waals surface area contributed by atoms with E-state index < -0.39 is 0 Å². The standard InChI is InChI=1S/C9H12Cl2N2O/c1-6-4-13-9(14-6)7(2)12-5-8(11)3-10/h3-4,7,12H,5H2,1-2H3/b8-3-. The van der Waals surface area contributed by atoms with E-state index in [1.54, 1.807) is 6.20 Å². The topological polar surface area (TPSA) is 38.1 Å². The molecule has 0 radical (unpaired) electrons. The van der Waals surface area contributed by atoms with Crippen LogP contribution in [0.3, 0.4) is 0 Å². The van der Waals surface area contributed by atoms with E-state index in [-0.39, 0.29) is 6.04 Å². The molecule has 0 bridgehead atoms. The van der Waals surface area contributed by atoms with E-state index in [0.29, 0.717) is 17.5 Å². The third kappa shape index (κ3) is 3.33. The number of hydrogen-bond donors (Lipinski definition) is 1. The van der Waals surface area contributed by atoms with E-state index in [0.717, 1.165) is 5.76 Å². The van der Waals surface area contributed by atoms with Gasteiger partial charge in [-0.2, -0.15) is 0 Å². The molecule has 1 atom stereocenters. The molecule has 0 aromatic carbocycles. The van der Waals surface area contributed by atoms with Crippen molar-refractivity contribution in [3.05, 3.63) is 28.4 Å². The van der Waals surface area contributed by atoms with Crippen molar-refractivity contribution in [3.63, 3.8) is 0 Å². The van der Waals surface area contributed by atoms with Crippen LogP contribution in [0.4, 0.5) is 0 Å². The Morgan fingerprint density at radius 1 is 1.79 bits per heavy atom. The molecule has 5 heteroatoms. The number of rotatable bonds is 4. The summed E-state index contributed by atoms with van der Waals surface area (Å²) in [5, 5.41) is 3.68. The number of oxazole rings is 1. The summed E-state index contributed by atoms with van der Waals surface area (Å²) < 4.78 is 5.34. The van der Waals surface area contributed by atoms with Gasteiger partial charge in [0.1, 0.15) is 5.76 Å². The zero-order valence-electron chi connectivity index (χ0n) is 8.05. The van der Waals surface area contributed by atoms with Crippen molar-refractivity contribution in [3.8, 4) is 0 Å². The molecule has 3 nitrogen and oxygen atoms in total. The van der Waals surface area contributed by atoms with E-state index in [4.69, 9.17) is 27.6 Å². The molecule has 1 heterocycles. The van der Waals surface area contributed by atoms with Crippen molar-refractivity contribution >= 4 is 23.2 Å². The summed E-state index contributed by atoms with van der Waals surface area (Å²) >= 11 is 11.1. The van der Waals surface area contributed by atoms with Crippen LogP contribution in [0.2, 0.25) is 0 Å². The molecule has 1 N–H and O–H groups in total. The van der Waals surface area contributed by atoms with Crippen LogP contribution in [0.15, 0.2) is 21.2 Å². The molecular formula is C9H12Cl2N2O. The van der Waals surface area contributed by atoms with Gasteiger partial charge in [0.25, 0.3) is 0 Å². The number of halogens is 2. The van der Waals surface area contributed by atoms with Crippen molar-refractivity contribution in [2.45, 2.75) is 19.9 Å². The molecule has 0 spiro atoms. The average Bonchev–Trinajstić information content (AvgIpc) is 2.60. The molecule has 78 valence electrons. The third-order valence-electron chi connectivity index (χ3n) is 1.71. The fraction of sp³-hybridized carbons (Fsp3) is 0.444. The first-order valence-electron chi connectivity index (χ1n) is 4.24. The second-order valence-corrected chi connectivity index (χ2v) is 3.67. The largest absolute Gasteiger partial charge is 0.444 e. The van der Waals surface area contributed by atoms with Crippen LogP contribution in [0.5, 0.6) is 0 Å². The van der Waals surface area contributed by atoms with Crippen molar-refractivity contribution in [1.29, 1.82) is 0 Å². The molecular weight excluding hydrogens is 223 g/mol. The highest BCUT2D eigenvalue weighted by Crippen LogP contribution is 2.12. The summed E-state index contributed by atoms with van der Waals surface area (Å²) in [6.45, 7) is 4.31. The van der Waals surface area contributed by atoms with Gasteiger partial charge in [-0.3, -0.25) is 0 Å². The first-order valence-corrected chi connectivity index (χ1v) is 5.05. The Labute approximate surface area is 93.1 Å². The zero-order chi connectivity index (χ0) is 10.6. The monoisotopic (exact) mass is 234 g/mol. The lowest BCUT2D eigenvalue weighted by Crippen LogP contribution is -2.20. The van der Waals surface area contributed by atoms with Crippen molar-refractivity contribution in [1.82, 2.24) is 10.3 Å². The number of aromatic nitrogens is 1. The number of aryl methyl sites for hydroxylation is 1. The lowest BCUT2D eigenvalue weighted by molar-refractivity contribution is 0.411. The molecule has 0 amide bonds. The summed E-state index contributed by atoms with van der Waals surface area (Å²) in [7, 11) is 0. The predicted octanol–water partition coefficient (Wildman–Crippen LogP) is 2.95. The van der Waals surface area contributed by atoms with Gasteiger partial charge >= 0.3 is 0 Å². The number of hydrogen-bond acceptors (Lipinski definition) is 3. The Morgan fingerprint density at radius 3 is 3.00 bits per heavy atom. The van der Waals surface area contributed by atoms with Gasteiger partial charge < -0.3 is 9.73 Å². The maximum Gasteiger partial charge on any atom is 0.211 e. The van der Waals surface area contributed by atoms with Crippen LogP contribution < -0.4 is 5.32 Å². The second kappa shape index (κ2) is 5.39. The number of nitrogens with zero attached hydrogens (tertiary/aromatic N) is 1. The first kappa shape index (κ1) is 11.6.